The lowest BCUT2D eigenvalue weighted by Gasteiger charge is -2.33. The first-order valence-corrected chi connectivity index (χ1v) is 9.38. The molecular formula is C18H26N4OS. The Balaban J connectivity index is 1.68. The molecule has 0 unspecified atom stereocenters. The third kappa shape index (κ3) is 3.87. The van der Waals surface area contributed by atoms with Gasteiger partial charge in [0.05, 0.1) is 18.2 Å². The van der Waals surface area contributed by atoms with Crippen molar-refractivity contribution in [2.45, 2.75) is 59.3 Å². The first-order chi connectivity index (χ1) is 11.4. The van der Waals surface area contributed by atoms with Gasteiger partial charge >= 0.3 is 0 Å². The Hall–Kier alpha value is -1.66. The fourth-order valence-electron chi connectivity index (χ4n) is 3.20. The van der Waals surface area contributed by atoms with Crippen LogP contribution in [0.5, 0.6) is 0 Å². The molecule has 2 aromatic heterocycles. The second-order valence-corrected chi connectivity index (χ2v) is 8.21. The zero-order valence-corrected chi connectivity index (χ0v) is 15.7. The molecule has 5 nitrogen and oxygen atoms in total. The summed E-state index contributed by atoms with van der Waals surface area (Å²) in [5.41, 5.74) is 0.865. The molecule has 0 fully saturated rings. The van der Waals surface area contributed by atoms with E-state index in [0.717, 1.165) is 31.2 Å². The van der Waals surface area contributed by atoms with Gasteiger partial charge < -0.3 is 9.88 Å². The van der Waals surface area contributed by atoms with Crippen LogP contribution in [0.1, 0.15) is 48.1 Å². The molecular weight excluding hydrogens is 320 g/mol. The average molecular weight is 347 g/mol. The van der Waals surface area contributed by atoms with Gasteiger partial charge in [-0.1, -0.05) is 0 Å². The molecule has 0 saturated carbocycles. The van der Waals surface area contributed by atoms with Crippen molar-refractivity contribution in [3.8, 4) is 0 Å². The first-order valence-electron chi connectivity index (χ1n) is 8.57. The van der Waals surface area contributed by atoms with Crippen molar-refractivity contribution in [3.63, 3.8) is 0 Å². The molecule has 130 valence electrons. The fourth-order valence-corrected chi connectivity index (χ4v) is 4.12. The number of thiophene rings is 1. The third-order valence-electron chi connectivity index (χ3n) is 4.35. The van der Waals surface area contributed by atoms with Gasteiger partial charge in [0.2, 0.25) is 5.91 Å². The molecule has 1 amide bonds. The van der Waals surface area contributed by atoms with E-state index in [1.54, 1.807) is 0 Å². The van der Waals surface area contributed by atoms with E-state index >= 15 is 0 Å². The summed E-state index contributed by atoms with van der Waals surface area (Å²) >= 11 is 1.86. The summed E-state index contributed by atoms with van der Waals surface area (Å²) in [5.74, 6) is 1.11. The number of nitrogens with one attached hydrogen (secondary N) is 1. The number of nitrogens with zero attached hydrogens (tertiary/aromatic N) is 3. The van der Waals surface area contributed by atoms with Crippen molar-refractivity contribution >= 4 is 17.2 Å². The number of aryl methyl sites for hydroxylation is 1. The number of hydrogen-bond acceptors (Lipinski definition) is 4. The van der Waals surface area contributed by atoms with Crippen molar-refractivity contribution in [1.82, 2.24) is 19.8 Å². The molecule has 1 aliphatic rings. The highest BCUT2D eigenvalue weighted by Crippen LogP contribution is 2.28. The van der Waals surface area contributed by atoms with E-state index < -0.39 is 0 Å². The van der Waals surface area contributed by atoms with Crippen LogP contribution in [-0.2, 0) is 24.3 Å². The van der Waals surface area contributed by atoms with Crippen molar-refractivity contribution < 1.29 is 4.79 Å². The summed E-state index contributed by atoms with van der Waals surface area (Å²) in [5, 5.41) is 2.93. The minimum Gasteiger partial charge on any atom is -0.354 e. The Morgan fingerprint density at radius 1 is 1.42 bits per heavy atom. The molecule has 3 rings (SSSR count). The van der Waals surface area contributed by atoms with Gasteiger partial charge in [0.15, 0.2) is 0 Å². The van der Waals surface area contributed by atoms with Crippen LogP contribution >= 0.6 is 11.3 Å². The maximum Gasteiger partial charge on any atom is 0.226 e. The molecule has 6 heteroatoms. The second-order valence-electron chi connectivity index (χ2n) is 6.84. The zero-order valence-electron chi connectivity index (χ0n) is 14.9. The van der Waals surface area contributed by atoms with Crippen molar-refractivity contribution in [2.75, 3.05) is 6.54 Å². The first kappa shape index (κ1) is 17.2. The summed E-state index contributed by atoms with van der Waals surface area (Å²) in [6.45, 7) is 11.2. The largest absolute Gasteiger partial charge is 0.354 e. The van der Waals surface area contributed by atoms with E-state index in [4.69, 9.17) is 4.98 Å². The second kappa shape index (κ2) is 7.07. The van der Waals surface area contributed by atoms with E-state index in [1.807, 2.05) is 31.4 Å². The van der Waals surface area contributed by atoms with Gasteiger partial charge in [0, 0.05) is 41.6 Å². The minimum absolute atomic E-state index is 0.0408. The number of fused-ring (bicyclic) bond motifs is 1. The molecule has 1 aliphatic heterocycles. The molecule has 2 aromatic rings. The van der Waals surface area contributed by atoms with E-state index in [0.29, 0.717) is 6.42 Å². The molecule has 0 saturated heterocycles. The molecule has 1 atom stereocenters. The van der Waals surface area contributed by atoms with Crippen LogP contribution in [0.3, 0.4) is 0 Å². The normalized spacial score (nSPS) is 18.0. The van der Waals surface area contributed by atoms with E-state index in [2.05, 4.69) is 40.8 Å². The Kier molecular flexibility index (Phi) is 5.06. The predicted octanol–water partition coefficient (Wildman–Crippen LogP) is 2.90. The standard InChI is InChI=1S/C18H26N4OS/c1-12(2)19-17(23)9-15-10-22-8-7-21(14(4)18(22)20-15)11-16-6-5-13(3)24-16/h5-6,10,12,14H,7-9,11H2,1-4H3,(H,19,23)/t14-/m1/s1. The topological polar surface area (TPSA) is 50.2 Å². The van der Waals surface area contributed by atoms with Crippen molar-refractivity contribution in [2.24, 2.45) is 0 Å². The summed E-state index contributed by atoms with van der Waals surface area (Å²) in [4.78, 5) is 21.9. The van der Waals surface area contributed by atoms with Gasteiger partial charge in [-0.15, -0.1) is 11.3 Å². The summed E-state index contributed by atoms with van der Waals surface area (Å²) in [6, 6.07) is 4.83. The highest BCUT2D eigenvalue weighted by molar-refractivity contribution is 7.11. The highest BCUT2D eigenvalue weighted by Gasteiger charge is 2.26. The molecule has 3 heterocycles. The van der Waals surface area contributed by atoms with Crippen LogP contribution < -0.4 is 5.32 Å². The highest BCUT2D eigenvalue weighted by atomic mass is 32.1. The molecule has 0 aliphatic carbocycles. The summed E-state index contributed by atoms with van der Waals surface area (Å²) in [6.07, 6.45) is 2.40. The predicted molar refractivity (Wildman–Crippen MR) is 97.1 cm³/mol. The van der Waals surface area contributed by atoms with Crippen molar-refractivity contribution in [1.29, 1.82) is 0 Å². The number of aromatic nitrogens is 2. The fraction of sp³-hybridized carbons (Fsp3) is 0.556. The van der Waals surface area contributed by atoms with Gasteiger partial charge in [-0.05, 0) is 39.8 Å². The summed E-state index contributed by atoms with van der Waals surface area (Å²) < 4.78 is 2.21. The van der Waals surface area contributed by atoms with E-state index in [1.165, 1.54) is 9.75 Å². The monoisotopic (exact) mass is 346 g/mol. The van der Waals surface area contributed by atoms with Crippen LogP contribution in [0.4, 0.5) is 0 Å². The SMILES string of the molecule is Cc1ccc(CN2CCn3cc(CC(=O)NC(C)C)nc3[C@H]2C)s1. The van der Waals surface area contributed by atoms with Gasteiger partial charge in [0.1, 0.15) is 5.82 Å². The average Bonchev–Trinajstić information content (AvgIpc) is 3.07. The Morgan fingerprint density at radius 2 is 2.21 bits per heavy atom. The maximum atomic E-state index is 12.0. The molecule has 0 spiro atoms. The number of hydrogen-bond donors (Lipinski definition) is 1. The van der Waals surface area contributed by atoms with Crippen molar-refractivity contribution in [3.05, 3.63) is 39.6 Å². The Bertz CT molecular complexity index is 718. The minimum atomic E-state index is 0.0408. The number of carbonyl (C=O) groups is 1. The van der Waals surface area contributed by atoms with Crippen LogP contribution in [0, 0.1) is 6.92 Å². The maximum absolute atomic E-state index is 12.0. The molecule has 1 N–H and O–H groups in total. The molecule has 0 radical (unpaired) electrons. The van der Waals surface area contributed by atoms with Gasteiger partial charge in [-0.3, -0.25) is 9.69 Å². The number of imidazole rings is 1. The molecule has 24 heavy (non-hydrogen) atoms. The van der Waals surface area contributed by atoms with E-state index in [9.17, 15) is 4.79 Å². The quantitative estimate of drug-likeness (QED) is 0.906. The van der Waals surface area contributed by atoms with Crippen LogP contribution in [0.15, 0.2) is 18.3 Å². The molecule has 0 aromatic carbocycles. The van der Waals surface area contributed by atoms with Gasteiger partial charge in [0.25, 0.3) is 0 Å². The van der Waals surface area contributed by atoms with E-state index in [-0.39, 0.29) is 18.0 Å². The van der Waals surface area contributed by atoms with Crippen LogP contribution in [-0.4, -0.2) is 32.9 Å². The third-order valence-corrected chi connectivity index (χ3v) is 5.34. The van der Waals surface area contributed by atoms with Crippen LogP contribution in [0.2, 0.25) is 0 Å². The Morgan fingerprint density at radius 3 is 2.88 bits per heavy atom. The summed E-state index contributed by atoms with van der Waals surface area (Å²) in [7, 11) is 0. The lowest BCUT2D eigenvalue weighted by molar-refractivity contribution is -0.120. The van der Waals surface area contributed by atoms with Crippen LogP contribution in [0.25, 0.3) is 0 Å². The lowest BCUT2D eigenvalue weighted by Crippen LogP contribution is -2.36. The number of amides is 1. The lowest BCUT2D eigenvalue weighted by atomic mass is 10.2. The van der Waals surface area contributed by atoms with Gasteiger partial charge in [-0.2, -0.15) is 0 Å². The number of rotatable bonds is 5. The number of carbonyl (C=O) groups excluding carboxylic acids is 1. The smallest absolute Gasteiger partial charge is 0.226 e. The zero-order chi connectivity index (χ0) is 17.3. The Labute approximate surface area is 147 Å². The molecule has 0 bridgehead atoms. The van der Waals surface area contributed by atoms with Gasteiger partial charge in [-0.25, -0.2) is 4.98 Å².